The fourth-order valence-corrected chi connectivity index (χ4v) is 2.05. The maximum atomic E-state index is 11.7. The fourth-order valence-electron chi connectivity index (χ4n) is 1.24. The summed E-state index contributed by atoms with van der Waals surface area (Å²) >= 11 is -1.32. The molecular formula is C11H19F3Se. The molecule has 0 N–H and O–H groups in total. The predicted octanol–water partition coefficient (Wildman–Crippen LogP) is 4.47. The molecule has 0 fully saturated rings. The molecule has 4 heteroatoms. The second-order valence-electron chi connectivity index (χ2n) is 3.49. The normalized spacial score (nSPS) is 12.5. The van der Waals surface area contributed by atoms with Crippen molar-refractivity contribution in [2.24, 2.45) is 0 Å². The molecule has 0 rings (SSSR count). The van der Waals surface area contributed by atoms with E-state index in [4.69, 9.17) is 0 Å². The van der Waals surface area contributed by atoms with Gasteiger partial charge in [0.15, 0.2) is 0 Å². The van der Waals surface area contributed by atoms with Crippen LogP contribution in [0.25, 0.3) is 0 Å². The van der Waals surface area contributed by atoms with Crippen LogP contribution in [0.4, 0.5) is 13.2 Å². The first-order valence-electron chi connectivity index (χ1n) is 5.46. The zero-order valence-electron chi connectivity index (χ0n) is 9.15. The predicted molar refractivity (Wildman–Crippen MR) is 58.9 cm³/mol. The van der Waals surface area contributed by atoms with Crippen LogP contribution in [0.3, 0.4) is 0 Å². The molecule has 15 heavy (non-hydrogen) atoms. The van der Waals surface area contributed by atoms with Gasteiger partial charge in [-0.25, -0.2) is 0 Å². The zero-order chi connectivity index (χ0) is 11.6. The summed E-state index contributed by atoms with van der Waals surface area (Å²) in [7, 11) is 0. The third kappa shape index (κ3) is 14.0. The van der Waals surface area contributed by atoms with E-state index in [0.29, 0.717) is 0 Å². The minimum absolute atomic E-state index is 0.796. The van der Waals surface area contributed by atoms with E-state index in [9.17, 15) is 13.2 Å². The zero-order valence-corrected chi connectivity index (χ0v) is 10.9. The van der Waals surface area contributed by atoms with E-state index >= 15 is 0 Å². The Morgan fingerprint density at radius 3 is 2.20 bits per heavy atom. The average Bonchev–Trinajstić information content (AvgIpc) is 2.14. The summed E-state index contributed by atoms with van der Waals surface area (Å²) in [5, 5.41) is -3.98. The third-order valence-corrected chi connectivity index (χ3v) is 3.27. The van der Waals surface area contributed by atoms with Crippen LogP contribution in [0, 0.1) is 0 Å². The molecule has 0 aliphatic heterocycles. The maximum absolute atomic E-state index is 11.7. The van der Waals surface area contributed by atoms with Crippen LogP contribution in [0.1, 0.15) is 51.9 Å². The minimum atomic E-state index is -3.98. The van der Waals surface area contributed by atoms with Crippen molar-refractivity contribution < 1.29 is 13.2 Å². The molecule has 0 heterocycles. The first kappa shape index (κ1) is 15.0. The van der Waals surface area contributed by atoms with Crippen LogP contribution in [-0.4, -0.2) is 20.0 Å². The third-order valence-electron chi connectivity index (χ3n) is 2.02. The Bertz CT molecular complexity index is 164. The van der Waals surface area contributed by atoms with Crippen molar-refractivity contribution in [1.29, 1.82) is 0 Å². The molecule has 0 spiro atoms. The number of halogens is 3. The quantitative estimate of drug-likeness (QED) is 0.456. The second kappa shape index (κ2) is 9.29. The van der Waals surface area contributed by atoms with Gasteiger partial charge in [-0.2, -0.15) is 0 Å². The second-order valence-corrected chi connectivity index (χ2v) is 5.53. The van der Waals surface area contributed by atoms with Crippen LogP contribution >= 0.6 is 0 Å². The molecule has 0 nitrogen and oxygen atoms in total. The Balaban J connectivity index is 3.17. The molecule has 0 radical (unpaired) electrons. The van der Waals surface area contributed by atoms with Gasteiger partial charge in [-0.1, -0.05) is 0 Å². The van der Waals surface area contributed by atoms with Gasteiger partial charge in [-0.15, -0.1) is 0 Å². The topological polar surface area (TPSA) is 0 Å². The van der Waals surface area contributed by atoms with E-state index in [-0.39, 0.29) is 0 Å². The number of allylic oxidation sites excluding steroid dienone is 1. The van der Waals surface area contributed by atoms with Crippen molar-refractivity contribution in [1.82, 2.24) is 0 Å². The number of alkyl halides is 3. The van der Waals surface area contributed by atoms with Crippen LogP contribution in [0.15, 0.2) is 11.1 Å². The van der Waals surface area contributed by atoms with Gasteiger partial charge in [0.2, 0.25) is 0 Å². The first-order chi connectivity index (χ1) is 7.06. The van der Waals surface area contributed by atoms with Crippen molar-refractivity contribution in [2.45, 2.75) is 56.9 Å². The molecule has 0 aromatic rings. The van der Waals surface area contributed by atoms with Crippen molar-refractivity contribution in [3.63, 3.8) is 0 Å². The summed E-state index contributed by atoms with van der Waals surface area (Å²) in [6.45, 7) is 2.17. The van der Waals surface area contributed by atoms with Crippen molar-refractivity contribution in [2.75, 3.05) is 0 Å². The molecule has 0 unspecified atom stereocenters. The molecule has 0 saturated carbocycles. The van der Waals surface area contributed by atoms with Gasteiger partial charge in [-0.3, -0.25) is 0 Å². The van der Waals surface area contributed by atoms with Gasteiger partial charge < -0.3 is 0 Å². The Hall–Kier alpha value is 0.0495. The first-order valence-corrected chi connectivity index (χ1v) is 7.30. The summed E-state index contributed by atoms with van der Waals surface area (Å²) in [4.78, 5) is 1.29. The van der Waals surface area contributed by atoms with E-state index in [1.165, 1.54) is 30.7 Å². The number of hydrogen-bond acceptors (Lipinski definition) is 0. The van der Waals surface area contributed by atoms with E-state index < -0.39 is 20.0 Å². The Morgan fingerprint density at radius 2 is 1.60 bits per heavy atom. The summed E-state index contributed by atoms with van der Waals surface area (Å²) in [6.07, 6.45) is 9.61. The van der Waals surface area contributed by atoms with Crippen LogP contribution in [-0.2, 0) is 0 Å². The average molecular weight is 287 g/mol. The van der Waals surface area contributed by atoms with Crippen molar-refractivity contribution in [3.8, 4) is 0 Å². The summed E-state index contributed by atoms with van der Waals surface area (Å²) in [5.41, 5.74) is 0. The van der Waals surface area contributed by atoms with Gasteiger partial charge in [0.05, 0.1) is 0 Å². The summed E-state index contributed by atoms with van der Waals surface area (Å²) in [6, 6.07) is 0. The van der Waals surface area contributed by atoms with Gasteiger partial charge in [0.25, 0.3) is 0 Å². The number of hydrogen-bond donors (Lipinski definition) is 0. The molecule has 0 aliphatic carbocycles. The molecule has 0 saturated heterocycles. The van der Waals surface area contributed by atoms with E-state index in [1.807, 2.05) is 0 Å². The van der Waals surface area contributed by atoms with Gasteiger partial charge in [0.1, 0.15) is 0 Å². The van der Waals surface area contributed by atoms with Gasteiger partial charge in [-0.05, 0) is 0 Å². The van der Waals surface area contributed by atoms with Crippen LogP contribution < -0.4 is 0 Å². The molecule has 0 atom stereocenters. The summed E-state index contributed by atoms with van der Waals surface area (Å²) < 4.78 is 35.2. The molecule has 90 valence electrons. The monoisotopic (exact) mass is 288 g/mol. The van der Waals surface area contributed by atoms with E-state index in [1.54, 1.807) is 6.08 Å². The van der Waals surface area contributed by atoms with E-state index in [2.05, 4.69) is 6.92 Å². The number of unbranched alkanes of at least 4 members (excludes halogenated alkanes) is 6. The Kier molecular flexibility index (Phi) is 9.32. The van der Waals surface area contributed by atoms with Gasteiger partial charge >= 0.3 is 96.1 Å². The molecular weight excluding hydrogens is 268 g/mol. The molecule has 0 amide bonds. The molecule has 0 aliphatic rings. The van der Waals surface area contributed by atoms with Crippen LogP contribution in [0.2, 0.25) is 0 Å². The van der Waals surface area contributed by atoms with Crippen molar-refractivity contribution in [3.05, 3.63) is 11.1 Å². The van der Waals surface area contributed by atoms with E-state index in [0.717, 1.165) is 19.3 Å². The molecule has 0 aromatic heterocycles. The molecule has 0 bridgehead atoms. The molecule has 0 aromatic carbocycles. The van der Waals surface area contributed by atoms with Gasteiger partial charge in [0, 0.05) is 0 Å². The number of rotatable bonds is 8. The standard InChI is InChI=1S/C11H19F3Se/c1-2-3-4-5-6-7-8-9-10-15-11(12,13)14/h9-10H,2-8H2,1H3/b10-9+. The van der Waals surface area contributed by atoms with Crippen molar-refractivity contribution >= 4 is 15.0 Å². The fraction of sp³-hybridized carbons (Fsp3) is 0.818. The summed E-state index contributed by atoms with van der Waals surface area (Å²) in [5.74, 6) is 0. The Morgan fingerprint density at radius 1 is 1.00 bits per heavy atom. The Labute approximate surface area is 96.5 Å². The van der Waals surface area contributed by atoms with Crippen LogP contribution in [0.5, 0.6) is 0 Å². The SMILES string of the molecule is CCCCCCCC/C=C/[Se]C(F)(F)F.